The van der Waals surface area contributed by atoms with E-state index in [-0.39, 0.29) is 22.9 Å². The Kier molecular flexibility index (Phi) is 5.67. The highest BCUT2D eigenvalue weighted by molar-refractivity contribution is 7.15. The summed E-state index contributed by atoms with van der Waals surface area (Å²) >= 11 is 1.35. The van der Waals surface area contributed by atoms with Crippen molar-refractivity contribution in [3.05, 3.63) is 33.7 Å². The van der Waals surface area contributed by atoms with Crippen LogP contribution in [0, 0.1) is 0 Å². The Balaban J connectivity index is 1.62. The number of piperazine rings is 1. The van der Waals surface area contributed by atoms with Crippen LogP contribution >= 0.6 is 11.3 Å². The maximum absolute atomic E-state index is 12.7. The van der Waals surface area contributed by atoms with Crippen LogP contribution in [0.3, 0.4) is 0 Å². The molecule has 1 fully saturated rings. The van der Waals surface area contributed by atoms with Gasteiger partial charge < -0.3 is 9.80 Å². The zero-order chi connectivity index (χ0) is 18.7. The zero-order valence-corrected chi connectivity index (χ0v) is 15.9. The molecule has 1 aliphatic rings. The Morgan fingerprint density at radius 2 is 1.88 bits per heavy atom. The van der Waals surface area contributed by atoms with Crippen molar-refractivity contribution >= 4 is 28.1 Å². The molecule has 2 amide bonds. The molecule has 0 unspecified atom stereocenters. The second-order valence-electron chi connectivity index (χ2n) is 6.17. The summed E-state index contributed by atoms with van der Waals surface area (Å²) < 4.78 is 1.40. The maximum Gasteiger partial charge on any atom is 0.271 e. The number of carbonyl (C=O) groups is 2. The smallest absolute Gasteiger partial charge is 0.271 e. The first-order chi connectivity index (χ1) is 12.5. The number of hydrogen-bond acceptors (Lipinski definition) is 6. The SMILES string of the molecule is CCN(CC)C(=O)CN1CCN(C(=O)c2cnc3sccn3c2=O)CC1. The minimum Gasteiger partial charge on any atom is -0.342 e. The molecule has 140 valence electrons. The summed E-state index contributed by atoms with van der Waals surface area (Å²) in [6.07, 6.45) is 3.00. The molecular weight excluding hydrogens is 354 g/mol. The lowest BCUT2D eigenvalue weighted by Gasteiger charge is -2.35. The first kappa shape index (κ1) is 18.5. The van der Waals surface area contributed by atoms with E-state index in [4.69, 9.17) is 0 Å². The molecule has 0 atom stereocenters. The topological polar surface area (TPSA) is 78.2 Å². The number of carbonyl (C=O) groups excluding carboxylic acids is 2. The van der Waals surface area contributed by atoms with E-state index in [0.29, 0.717) is 50.8 Å². The lowest BCUT2D eigenvalue weighted by atomic mass is 10.2. The quantitative estimate of drug-likeness (QED) is 0.753. The van der Waals surface area contributed by atoms with E-state index in [0.717, 1.165) is 0 Å². The molecule has 0 radical (unpaired) electrons. The van der Waals surface area contributed by atoms with Gasteiger partial charge in [0.25, 0.3) is 11.5 Å². The van der Waals surface area contributed by atoms with Gasteiger partial charge in [0.15, 0.2) is 4.96 Å². The molecular formula is C17H23N5O3S. The van der Waals surface area contributed by atoms with Gasteiger partial charge in [-0.25, -0.2) is 4.98 Å². The van der Waals surface area contributed by atoms with Gasteiger partial charge in [-0.3, -0.25) is 23.7 Å². The van der Waals surface area contributed by atoms with Crippen LogP contribution in [0.1, 0.15) is 24.2 Å². The molecule has 0 N–H and O–H groups in total. The van der Waals surface area contributed by atoms with Crippen LogP contribution in [0.2, 0.25) is 0 Å². The van der Waals surface area contributed by atoms with E-state index in [1.165, 1.54) is 21.9 Å². The van der Waals surface area contributed by atoms with Gasteiger partial charge in [-0.05, 0) is 13.8 Å². The molecule has 8 nitrogen and oxygen atoms in total. The average molecular weight is 377 g/mol. The fraction of sp³-hybridized carbons (Fsp3) is 0.529. The van der Waals surface area contributed by atoms with Crippen molar-refractivity contribution in [1.29, 1.82) is 0 Å². The molecule has 0 bridgehead atoms. The summed E-state index contributed by atoms with van der Waals surface area (Å²) in [5.74, 6) is -0.182. The van der Waals surface area contributed by atoms with Crippen LogP contribution in [0.4, 0.5) is 0 Å². The number of rotatable bonds is 5. The van der Waals surface area contributed by atoms with E-state index in [1.807, 2.05) is 13.8 Å². The largest absolute Gasteiger partial charge is 0.342 e. The number of likely N-dealkylation sites (N-methyl/N-ethyl adjacent to an activating group) is 1. The van der Waals surface area contributed by atoms with Crippen molar-refractivity contribution in [2.75, 3.05) is 45.8 Å². The van der Waals surface area contributed by atoms with Crippen LogP contribution < -0.4 is 5.56 Å². The van der Waals surface area contributed by atoms with Gasteiger partial charge in [0.2, 0.25) is 5.91 Å². The molecule has 1 aliphatic heterocycles. The summed E-state index contributed by atoms with van der Waals surface area (Å²) in [6, 6.07) is 0. The predicted octanol–water partition coefficient (Wildman–Crippen LogP) is 0.382. The van der Waals surface area contributed by atoms with Crippen molar-refractivity contribution in [2.45, 2.75) is 13.8 Å². The summed E-state index contributed by atoms with van der Waals surface area (Å²) in [5, 5.41) is 1.77. The molecule has 1 saturated heterocycles. The monoisotopic (exact) mass is 377 g/mol. The molecule has 3 heterocycles. The maximum atomic E-state index is 12.7. The molecule has 2 aromatic heterocycles. The van der Waals surface area contributed by atoms with Gasteiger partial charge in [0.05, 0.1) is 6.54 Å². The normalized spacial score (nSPS) is 15.4. The van der Waals surface area contributed by atoms with E-state index in [1.54, 1.807) is 21.4 Å². The fourth-order valence-corrected chi connectivity index (χ4v) is 3.79. The molecule has 0 saturated carbocycles. The minimum atomic E-state index is -0.333. The zero-order valence-electron chi connectivity index (χ0n) is 15.1. The Hall–Kier alpha value is -2.26. The van der Waals surface area contributed by atoms with Crippen LogP contribution in [0.15, 0.2) is 22.6 Å². The van der Waals surface area contributed by atoms with Gasteiger partial charge in [-0.15, -0.1) is 11.3 Å². The van der Waals surface area contributed by atoms with E-state index in [9.17, 15) is 14.4 Å². The molecule has 2 aromatic rings. The molecule has 26 heavy (non-hydrogen) atoms. The Morgan fingerprint density at radius 3 is 2.54 bits per heavy atom. The van der Waals surface area contributed by atoms with Crippen LogP contribution in [0.25, 0.3) is 4.96 Å². The number of fused-ring (bicyclic) bond motifs is 1. The van der Waals surface area contributed by atoms with Gasteiger partial charge in [-0.2, -0.15) is 0 Å². The lowest BCUT2D eigenvalue weighted by Crippen LogP contribution is -2.52. The number of thiazole rings is 1. The Bertz CT molecular complexity index is 849. The first-order valence-electron chi connectivity index (χ1n) is 8.79. The standard InChI is InChI=1S/C17H23N5O3S/c1-3-20(4-2)14(23)12-19-5-7-21(8-6-19)15(24)13-11-18-17-22(16(13)25)9-10-26-17/h9-11H,3-8,12H2,1-2H3. The number of nitrogens with zero attached hydrogens (tertiary/aromatic N) is 5. The second-order valence-corrected chi connectivity index (χ2v) is 7.04. The molecule has 3 rings (SSSR count). The van der Waals surface area contributed by atoms with Crippen molar-refractivity contribution in [2.24, 2.45) is 0 Å². The second kappa shape index (κ2) is 7.96. The molecule has 0 aliphatic carbocycles. The van der Waals surface area contributed by atoms with Crippen LogP contribution in [-0.2, 0) is 4.79 Å². The fourth-order valence-electron chi connectivity index (χ4n) is 3.12. The summed E-state index contributed by atoms with van der Waals surface area (Å²) in [4.78, 5) is 47.6. The molecule has 0 aromatic carbocycles. The number of aromatic nitrogens is 2. The van der Waals surface area contributed by atoms with Gasteiger partial charge in [0, 0.05) is 57.0 Å². The molecule has 9 heteroatoms. The Labute approximate surface area is 155 Å². The summed E-state index contributed by atoms with van der Waals surface area (Å²) in [7, 11) is 0. The predicted molar refractivity (Wildman–Crippen MR) is 99.6 cm³/mol. The highest BCUT2D eigenvalue weighted by atomic mass is 32.1. The van der Waals surface area contributed by atoms with E-state index < -0.39 is 0 Å². The third-order valence-corrected chi connectivity index (χ3v) is 5.48. The number of hydrogen-bond donors (Lipinski definition) is 0. The van der Waals surface area contributed by atoms with Crippen molar-refractivity contribution < 1.29 is 9.59 Å². The average Bonchev–Trinajstić information content (AvgIpc) is 3.13. The third-order valence-electron chi connectivity index (χ3n) is 4.71. The highest BCUT2D eigenvalue weighted by Gasteiger charge is 2.26. The van der Waals surface area contributed by atoms with E-state index >= 15 is 0 Å². The lowest BCUT2D eigenvalue weighted by molar-refractivity contribution is -0.132. The van der Waals surface area contributed by atoms with Crippen molar-refractivity contribution in [3.8, 4) is 0 Å². The van der Waals surface area contributed by atoms with Gasteiger partial charge >= 0.3 is 0 Å². The number of amides is 2. The van der Waals surface area contributed by atoms with Crippen molar-refractivity contribution in [3.63, 3.8) is 0 Å². The van der Waals surface area contributed by atoms with Crippen LogP contribution in [-0.4, -0.2) is 81.7 Å². The van der Waals surface area contributed by atoms with Crippen LogP contribution in [0.5, 0.6) is 0 Å². The Morgan fingerprint density at radius 1 is 1.19 bits per heavy atom. The summed E-state index contributed by atoms with van der Waals surface area (Å²) in [6.45, 7) is 7.94. The van der Waals surface area contributed by atoms with Crippen molar-refractivity contribution in [1.82, 2.24) is 24.1 Å². The van der Waals surface area contributed by atoms with Gasteiger partial charge in [-0.1, -0.05) is 0 Å². The first-order valence-corrected chi connectivity index (χ1v) is 9.67. The van der Waals surface area contributed by atoms with Gasteiger partial charge in [0.1, 0.15) is 5.56 Å². The van der Waals surface area contributed by atoms with E-state index in [2.05, 4.69) is 9.88 Å². The third kappa shape index (κ3) is 3.63. The summed E-state index contributed by atoms with van der Waals surface area (Å²) in [5.41, 5.74) is -0.242. The minimum absolute atomic E-state index is 0.0913. The molecule has 0 spiro atoms. The highest BCUT2D eigenvalue weighted by Crippen LogP contribution is 2.09.